The van der Waals surface area contributed by atoms with Gasteiger partial charge in [0, 0.05) is 23.2 Å². The minimum Gasteiger partial charge on any atom is -0.465 e. The lowest BCUT2D eigenvalue weighted by molar-refractivity contribution is 0.0449. The second-order valence-corrected chi connectivity index (χ2v) is 11.0. The molecule has 0 unspecified atom stereocenters. The molecule has 7 nitrogen and oxygen atoms in total. The zero-order valence-electron chi connectivity index (χ0n) is 17.6. The summed E-state index contributed by atoms with van der Waals surface area (Å²) in [4.78, 5) is 34.6. The van der Waals surface area contributed by atoms with Gasteiger partial charge in [-0.15, -0.1) is 11.3 Å². The Morgan fingerprint density at radius 3 is 2.63 bits per heavy atom. The molecule has 162 valence electrons. The van der Waals surface area contributed by atoms with Crippen LogP contribution in [0.15, 0.2) is 27.8 Å². The predicted molar refractivity (Wildman–Crippen MR) is 121 cm³/mol. The minimum atomic E-state index is -0.891. The summed E-state index contributed by atoms with van der Waals surface area (Å²) in [5, 5.41) is 14.5. The number of rotatable bonds is 4. The molecule has 3 rings (SSSR count). The zero-order valence-corrected chi connectivity index (χ0v) is 20.0. The van der Waals surface area contributed by atoms with Crippen molar-refractivity contribution in [1.29, 1.82) is 0 Å². The van der Waals surface area contributed by atoms with Crippen LogP contribution in [0.1, 0.15) is 68.9 Å². The summed E-state index contributed by atoms with van der Waals surface area (Å²) in [6, 6.07) is 1.84. The summed E-state index contributed by atoms with van der Waals surface area (Å²) in [6.07, 6.45) is 4.96. The Hall–Kier alpha value is -2.00. The van der Waals surface area contributed by atoms with Crippen LogP contribution < -0.4 is 5.32 Å². The van der Waals surface area contributed by atoms with Crippen LogP contribution in [0.5, 0.6) is 0 Å². The Kier molecular flexibility index (Phi) is 6.81. The Balaban J connectivity index is 1.86. The Morgan fingerprint density at radius 2 is 2.03 bits per heavy atom. The van der Waals surface area contributed by atoms with E-state index in [9.17, 15) is 14.7 Å². The number of carbonyl (C=O) groups is 2. The monoisotopic (exact) mass is 494 g/mol. The van der Waals surface area contributed by atoms with Crippen molar-refractivity contribution in [3.05, 3.63) is 39.0 Å². The quantitative estimate of drug-likeness (QED) is 0.576. The van der Waals surface area contributed by atoms with E-state index in [0.29, 0.717) is 27.6 Å². The van der Waals surface area contributed by atoms with E-state index in [1.54, 1.807) is 22.7 Å². The highest BCUT2D eigenvalue weighted by Gasteiger charge is 2.39. The summed E-state index contributed by atoms with van der Waals surface area (Å²) in [5.74, 6) is 0.209. The zero-order chi connectivity index (χ0) is 22.1. The van der Waals surface area contributed by atoms with Gasteiger partial charge in [0.05, 0.1) is 11.9 Å². The van der Waals surface area contributed by atoms with Gasteiger partial charge in [0.2, 0.25) is 0 Å². The summed E-state index contributed by atoms with van der Waals surface area (Å²) in [5.41, 5.74) is 1.51. The molecule has 2 aromatic rings. The van der Waals surface area contributed by atoms with Crippen molar-refractivity contribution in [1.82, 2.24) is 14.9 Å². The number of nitrogens with one attached hydrogen (secondary N) is 1. The first-order valence-corrected chi connectivity index (χ1v) is 11.6. The molecule has 2 heterocycles. The van der Waals surface area contributed by atoms with Crippen molar-refractivity contribution in [2.24, 2.45) is 5.92 Å². The number of carbonyl (C=O) groups excluding carboxylic acids is 1. The van der Waals surface area contributed by atoms with E-state index in [-0.39, 0.29) is 17.9 Å². The molecule has 9 heteroatoms. The van der Waals surface area contributed by atoms with Crippen molar-refractivity contribution < 1.29 is 14.7 Å². The van der Waals surface area contributed by atoms with Gasteiger partial charge >= 0.3 is 6.09 Å². The molecular formula is C21H27BrN4O3S. The third-order valence-corrected chi connectivity index (χ3v) is 6.83. The van der Waals surface area contributed by atoms with Crippen molar-refractivity contribution >= 4 is 45.0 Å². The molecule has 2 amide bonds. The maximum atomic E-state index is 12.6. The Morgan fingerprint density at radius 1 is 1.30 bits per heavy atom. The molecular weight excluding hydrogens is 468 g/mol. The van der Waals surface area contributed by atoms with Crippen molar-refractivity contribution in [2.75, 3.05) is 5.32 Å². The molecule has 1 fully saturated rings. The van der Waals surface area contributed by atoms with E-state index in [2.05, 4.69) is 38.1 Å². The smallest absolute Gasteiger partial charge is 0.407 e. The minimum absolute atomic E-state index is 0.0811. The molecule has 0 saturated heterocycles. The summed E-state index contributed by atoms with van der Waals surface area (Å²) < 4.78 is 0.652. The van der Waals surface area contributed by atoms with E-state index >= 15 is 0 Å². The van der Waals surface area contributed by atoms with E-state index in [1.807, 2.05) is 26.8 Å². The maximum Gasteiger partial charge on any atom is 0.407 e. The van der Waals surface area contributed by atoms with Crippen LogP contribution in [0.4, 0.5) is 10.5 Å². The fourth-order valence-electron chi connectivity index (χ4n) is 4.43. The van der Waals surface area contributed by atoms with E-state index in [0.717, 1.165) is 18.4 Å². The molecule has 0 bridgehead atoms. The van der Waals surface area contributed by atoms with Crippen LogP contribution in [0.3, 0.4) is 0 Å². The highest BCUT2D eigenvalue weighted by atomic mass is 79.9. The van der Waals surface area contributed by atoms with Crippen LogP contribution >= 0.6 is 27.3 Å². The number of thiazole rings is 1. The third-order valence-electron chi connectivity index (χ3n) is 5.46. The number of amides is 2. The first-order valence-electron chi connectivity index (χ1n) is 9.94. The topological polar surface area (TPSA) is 95.4 Å². The number of aromatic nitrogens is 2. The van der Waals surface area contributed by atoms with Gasteiger partial charge in [-0.25, -0.2) is 9.78 Å². The van der Waals surface area contributed by atoms with Crippen LogP contribution in [0.25, 0.3) is 0 Å². The number of anilines is 1. The number of carboxylic acid groups (broad SMARTS) is 1. The van der Waals surface area contributed by atoms with Gasteiger partial charge in [-0.3, -0.25) is 9.78 Å². The molecule has 3 atom stereocenters. The molecule has 1 saturated carbocycles. The standard InChI is InChI=1S/C21H27BrN4O3S/c1-12-7-13(9-14(8-12)26(20(28)29)21(2,3)4)15-5-6-23-10-16(15)24-18(27)17-11-30-19(22)25-17/h5-6,10-14H,7-9H2,1-4H3,(H,24,27)(H,28,29)/t12-,13+,14+/m1/s1. The van der Waals surface area contributed by atoms with Crippen molar-refractivity contribution in [3.63, 3.8) is 0 Å². The second-order valence-electron chi connectivity index (χ2n) is 8.89. The van der Waals surface area contributed by atoms with E-state index in [4.69, 9.17) is 0 Å². The van der Waals surface area contributed by atoms with Gasteiger partial charge in [0.15, 0.2) is 3.92 Å². The lowest BCUT2D eigenvalue weighted by Gasteiger charge is -2.45. The summed E-state index contributed by atoms with van der Waals surface area (Å²) in [6.45, 7) is 7.95. The largest absolute Gasteiger partial charge is 0.465 e. The van der Waals surface area contributed by atoms with Crippen LogP contribution in [0.2, 0.25) is 0 Å². The molecule has 0 aliphatic heterocycles. The highest BCUT2D eigenvalue weighted by molar-refractivity contribution is 9.11. The normalized spacial score (nSPS) is 21.8. The molecule has 2 aromatic heterocycles. The fraction of sp³-hybridized carbons (Fsp3) is 0.524. The van der Waals surface area contributed by atoms with Crippen LogP contribution in [-0.2, 0) is 0 Å². The lowest BCUT2D eigenvalue weighted by Crippen LogP contribution is -2.53. The highest BCUT2D eigenvalue weighted by Crippen LogP contribution is 2.42. The molecule has 1 aliphatic carbocycles. The van der Waals surface area contributed by atoms with Gasteiger partial charge in [0.25, 0.3) is 5.91 Å². The van der Waals surface area contributed by atoms with E-state index < -0.39 is 11.6 Å². The lowest BCUT2D eigenvalue weighted by atomic mass is 9.75. The molecule has 30 heavy (non-hydrogen) atoms. The number of pyridine rings is 1. The van der Waals surface area contributed by atoms with Gasteiger partial charge < -0.3 is 15.3 Å². The summed E-state index contributed by atoms with van der Waals surface area (Å²) >= 11 is 4.63. The van der Waals surface area contributed by atoms with Gasteiger partial charge in [0.1, 0.15) is 5.69 Å². The average Bonchev–Trinajstić information content (AvgIpc) is 3.06. The van der Waals surface area contributed by atoms with E-state index in [1.165, 1.54) is 11.3 Å². The molecule has 1 aliphatic rings. The molecule has 0 radical (unpaired) electrons. The van der Waals surface area contributed by atoms with Crippen LogP contribution in [-0.4, -0.2) is 43.6 Å². The fourth-order valence-corrected chi connectivity index (χ4v) is 5.42. The second kappa shape index (κ2) is 9.01. The van der Waals surface area contributed by atoms with Crippen molar-refractivity contribution in [3.8, 4) is 0 Å². The predicted octanol–water partition coefficient (Wildman–Crippen LogP) is 5.60. The first-order chi connectivity index (χ1) is 14.1. The molecule has 0 spiro atoms. The molecule has 2 N–H and O–H groups in total. The van der Waals surface area contributed by atoms with Crippen LogP contribution in [0, 0.1) is 5.92 Å². The number of nitrogens with zero attached hydrogens (tertiary/aromatic N) is 3. The first kappa shape index (κ1) is 22.7. The van der Waals surface area contributed by atoms with Gasteiger partial charge in [-0.2, -0.15) is 0 Å². The summed E-state index contributed by atoms with van der Waals surface area (Å²) in [7, 11) is 0. The maximum absolute atomic E-state index is 12.6. The number of hydrogen-bond acceptors (Lipinski definition) is 5. The van der Waals surface area contributed by atoms with Crippen molar-refractivity contribution in [2.45, 2.75) is 64.5 Å². The SMILES string of the molecule is C[C@@H]1C[C@H](c2ccncc2NC(=O)c2csc(Br)n2)C[C@@H](N(C(=O)O)C(C)(C)C)C1. The van der Waals surface area contributed by atoms with Gasteiger partial charge in [-0.1, -0.05) is 6.92 Å². The van der Waals surface area contributed by atoms with Gasteiger partial charge in [-0.05, 0) is 79.4 Å². The third kappa shape index (κ3) is 5.18. The number of hydrogen-bond donors (Lipinski definition) is 2. The average molecular weight is 495 g/mol. The Bertz CT molecular complexity index is 927. The molecule has 0 aromatic carbocycles. The number of halogens is 1. The Labute approximate surface area is 189 Å².